The van der Waals surface area contributed by atoms with Gasteiger partial charge in [0.05, 0.1) is 11.3 Å². The average Bonchev–Trinajstić information content (AvgIpc) is 3.03. The molecule has 1 fully saturated rings. The fourth-order valence-corrected chi connectivity index (χ4v) is 2.44. The van der Waals surface area contributed by atoms with Crippen LogP contribution in [-0.2, 0) is 12.6 Å². The van der Waals surface area contributed by atoms with Crippen LogP contribution in [-0.4, -0.2) is 14.2 Å². The van der Waals surface area contributed by atoms with E-state index >= 15 is 0 Å². The fourth-order valence-electron chi connectivity index (χ4n) is 2.44. The summed E-state index contributed by atoms with van der Waals surface area (Å²) in [4.78, 5) is 12.1. The molecule has 4 nitrogen and oxygen atoms in total. The molecule has 2 aromatic rings. The van der Waals surface area contributed by atoms with Crippen molar-refractivity contribution in [2.45, 2.75) is 25.4 Å². The number of aromatic nitrogens is 2. The number of rotatable bonds is 2. The Bertz CT molecular complexity index is 663. The predicted molar refractivity (Wildman–Crippen MR) is 68.9 cm³/mol. The Kier molecular flexibility index (Phi) is 2.25. The Morgan fingerprint density at radius 1 is 1.28 bits per heavy atom. The lowest BCUT2D eigenvalue weighted by atomic mass is 10.1. The Morgan fingerprint density at radius 3 is 2.50 bits per heavy atom. The van der Waals surface area contributed by atoms with Gasteiger partial charge in [0.1, 0.15) is 0 Å². The first-order valence-corrected chi connectivity index (χ1v) is 6.10. The summed E-state index contributed by atoms with van der Waals surface area (Å²) in [5, 5.41) is 10.3. The van der Waals surface area contributed by atoms with E-state index in [4.69, 9.17) is 0 Å². The van der Waals surface area contributed by atoms with Gasteiger partial charge in [-0.1, -0.05) is 18.2 Å². The van der Waals surface area contributed by atoms with Crippen LogP contribution in [0.2, 0.25) is 0 Å². The van der Waals surface area contributed by atoms with Gasteiger partial charge in [0.15, 0.2) is 0 Å². The third kappa shape index (κ3) is 1.53. The summed E-state index contributed by atoms with van der Waals surface area (Å²) in [7, 11) is 1.74. The zero-order valence-corrected chi connectivity index (χ0v) is 10.6. The van der Waals surface area contributed by atoms with E-state index in [2.05, 4.69) is 0 Å². The maximum absolute atomic E-state index is 12.1. The van der Waals surface area contributed by atoms with Crippen LogP contribution in [0, 0.1) is 6.92 Å². The van der Waals surface area contributed by atoms with Gasteiger partial charge in [-0.05, 0) is 25.8 Å². The maximum atomic E-state index is 12.1. The Balaban J connectivity index is 2.27. The maximum Gasteiger partial charge on any atom is 0.332 e. The lowest BCUT2D eigenvalue weighted by Crippen LogP contribution is -2.23. The number of hydrogen-bond donors (Lipinski definition) is 1. The summed E-state index contributed by atoms with van der Waals surface area (Å²) >= 11 is 0. The highest BCUT2D eigenvalue weighted by Crippen LogP contribution is 2.47. The van der Waals surface area contributed by atoms with Gasteiger partial charge in [-0.3, -0.25) is 4.57 Å². The fraction of sp³-hybridized carbons (Fsp3) is 0.357. The molecule has 1 saturated carbocycles. The minimum atomic E-state index is -0.738. The number of nitrogens with zero attached hydrogens (tertiary/aromatic N) is 2. The molecule has 1 aromatic heterocycles. The molecule has 1 aliphatic rings. The minimum absolute atomic E-state index is 0.0794. The number of benzene rings is 1. The van der Waals surface area contributed by atoms with Crippen molar-refractivity contribution in [3.05, 3.63) is 52.2 Å². The summed E-state index contributed by atoms with van der Waals surface area (Å²) < 4.78 is 3.22. The van der Waals surface area contributed by atoms with Crippen LogP contribution in [0.25, 0.3) is 5.69 Å². The number of para-hydroxylation sites is 1. The lowest BCUT2D eigenvalue weighted by Gasteiger charge is -2.15. The van der Waals surface area contributed by atoms with Crippen molar-refractivity contribution in [2.24, 2.45) is 7.05 Å². The Morgan fingerprint density at radius 2 is 1.94 bits per heavy atom. The quantitative estimate of drug-likeness (QED) is 0.869. The minimum Gasteiger partial charge on any atom is -0.385 e. The molecule has 18 heavy (non-hydrogen) atoms. The SMILES string of the molecule is Cc1cn(C)c(=O)n1-c1ccccc1C1(O)CC1. The first-order valence-electron chi connectivity index (χ1n) is 6.10. The zero-order valence-electron chi connectivity index (χ0n) is 10.6. The summed E-state index contributed by atoms with van der Waals surface area (Å²) in [6, 6.07) is 7.59. The molecule has 0 amide bonds. The van der Waals surface area contributed by atoms with Crippen molar-refractivity contribution in [2.75, 3.05) is 0 Å². The highest BCUT2D eigenvalue weighted by Gasteiger charge is 2.44. The van der Waals surface area contributed by atoms with E-state index in [0.29, 0.717) is 0 Å². The molecule has 1 aromatic carbocycles. The van der Waals surface area contributed by atoms with E-state index in [1.807, 2.05) is 31.2 Å². The molecule has 4 heteroatoms. The molecule has 0 atom stereocenters. The molecule has 0 spiro atoms. The normalized spacial score (nSPS) is 16.8. The second kappa shape index (κ2) is 3.59. The van der Waals surface area contributed by atoms with Gasteiger partial charge in [-0.2, -0.15) is 0 Å². The Labute approximate surface area is 105 Å². The molecule has 0 radical (unpaired) electrons. The molecule has 1 N–H and O–H groups in total. The van der Waals surface area contributed by atoms with E-state index in [1.54, 1.807) is 22.4 Å². The highest BCUT2D eigenvalue weighted by molar-refractivity contribution is 5.47. The van der Waals surface area contributed by atoms with Gasteiger partial charge in [-0.25, -0.2) is 4.79 Å². The molecule has 1 aliphatic carbocycles. The first kappa shape index (κ1) is 11.3. The second-order valence-corrected chi connectivity index (χ2v) is 5.05. The van der Waals surface area contributed by atoms with Crippen molar-refractivity contribution in [1.29, 1.82) is 0 Å². The smallest absolute Gasteiger partial charge is 0.332 e. The zero-order chi connectivity index (χ0) is 12.9. The van der Waals surface area contributed by atoms with E-state index in [1.165, 1.54) is 0 Å². The first-order chi connectivity index (χ1) is 8.53. The van der Waals surface area contributed by atoms with Crippen molar-refractivity contribution in [1.82, 2.24) is 9.13 Å². The number of aryl methyl sites for hydroxylation is 2. The molecule has 0 bridgehead atoms. The molecule has 1 heterocycles. The van der Waals surface area contributed by atoms with Crippen LogP contribution < -0.4 is 5.69 Å². The molecule has 94 valence electrons. The van der Waals surface area contributed by atoms with E-state index in [0.717, 1.165) is 29.8 Å². The van der Waals surface area contributed by atoms with Crippen molar-refractivity contribution < 1.29 is 5.11 Å². The highest BCUT2D eigenvalue weighted by atomic mass is 16.3. The van der Waals surface area contributed by atoms with Gasteiger partial charge in [0.25, 0.3) is 0 Å². The number of aliphatic hydroxyl groups is 1. The third-order valence-electron chi connectivity index (χ3n) is 3.60. The molecular formula is C14H16N2O2. The molecule has 0 unspecified atom stereocenters. The summed E-state index contributed by atoms with van der Waals surface area (Å²) in [6.07, 6.45) is 3.34. The van der Waals surface area contributed by atoms with E-state index in [-0.39, 0.29) is 5.69 Å². The van der Waals surface area contributed by atoms with Crippen LogP contribution in [0.1, 0.15) is 24.1 Å². The molecular weight excluding hydrogens is 228 g/mol. The van der Waals surface area contributed by atoms with Gasteiger partial charge < -0.3 is 9.67 Å². The van der Waals surface area contributed by atoms with Crippen LogP contribution in [0.4, 0.5) is 0 Å². The van der Waals surface area contributed by atoms with Crippen LogP contribution in [0.15, 0.2) is 35.3 Å². The van der Waals surface area contributed by atoms with Gasteiger partial charge >= 0.3 is 5.69 Å². The largest absolute Gasteiger partial charge is 0.385 e. The summed E-state index contributed by atoms with van der Waals surface area (Å²) in [6.45, 7) is 1.90. The molecule has 0 aliphatic heterocycles. The molecule has 3 rings (SSSR count). The lowest BCUT2D eigenvalue weighted by molar-refractivity contribution is 0.151. The molecule has 0 saturated heterocycles. The van der Waals surface area contributed by atoms with E-state index < -0.39 is 5.60 Å². The third-order valence-corrected chi connectivity index (χ3v) is 3.60. The van der Waals surface area contributed by atoms with Gasteiger partial charge in [0, 0.05) is 24.5 Å². The second-order valence-electron chi connectivity index (χ2n) is 5.05. The Hall–Kier alpha value is -1.81. The van der Waals surface area contributed by atoms with Crippen molar-refractivity contribution >= 4 is 0 Å². The topological polar surface area (TPSA) is 47.2 Å². The van der Waals surface area contributed by atoms with Gasteiger partial charge in [0.2, 0.25) is 0 Å². The van der Waals surface area contributed by atoms with Crippen LogP contribution in [0.3, 0.4) is 0 Å². The monoisotopic (exact) mass is 244 g/mol. The average molecular weight is 244 g/mol. The standard InChI is InChI=1S/C14H16N2O2/c1-10-9-15(2)13(17)16(10)12-6-4-3-5-11(12)14(18)7-8-14/h3-6,9,18H,7-8H2,1-2H3. The predicted octanol–water partition coefficient (Wildman–Crippen LogP) is 1.47. The van der Waals surface area contributed by atoms with Crippen molar-refractivity contribution in [3.63, 3.8) is 0 Å². The number of hydrogen-bond acceptors (Lipinski definition) is 2. The van der Waals surface area contributed by atoms with Crippen LogP contribution >= 0.6 is 0 Å². The van der Waals surface area contributed by atoms with Crippen LogP contribution in [0.5, 0.6) is 0 Å². The number of imidazole rings is 1. The van der Waals surface area contributed by atoms with E-state index in [9.17, 15) is 9.90 Å². The van der Waals surface area contributed by atoms with Crippen molar-refractivity contribution in [3.8, 4) is 5.69 Å². The summed E-state index contributed by atoms with van der Waals surface area (Å²) in [5.41, 5.74) is 1.70. The van der Waals surface area contributed by atoms with Gasteiger partial charge in [-0.15, -0.1) is 0 Å². The summed E-state index contributed by atoms with van der Waals surface area (Å²) in [5.74, 6) is 0.